The van der Waals surface area contributed by atoms with Crippen LogP contribution in [0.5, 0.6) is 0 Å². The van der Waals surface area contributed by atoms with Crippen molar-refractivity contribution < 1.29 is 18.7 Å². The first-order chi connectivity index (χ1) is 17.0. The maximum atomic E-state index is 13.0. The number of hydrogen-bond acceptors (Lipinski definition) is 7. The van der Waals surface area contributed by atoms with Gasteiger partial charge < -0.3 is 15.8 Å². The number of hydrogen-bond donors (Lipinski definition) is 2. The van der Waals surface area contributed by atoms with Crippen LogP contribution in [0.25, 0.3) is 11.1 Å². The Morgan fingerprint density at radius 3 is 2.23 bits per heavy atom. The minimum Gasteiger partial charge on any atom is -0.452 e. The minimum atomic E-state index is -0.524. The van der Waals surface area contributed by atoms with Crippen LogP contribution in [0.4, 0.5) is 15.9 Å². The van der Waals surface area contributed by atoms with Gasteiger partial charge in [-0.15, -0.1) is 0 Å². The van der Waals surface area contributed by atoms with Gasteiger partial charge in [-0.05, 0) is 35.4 Å². The van der Waals surface area contributed by atoms with Crippen LogP contribution in [0, 0.1) is 5.82 Å². The molecule has 1 heterocycles. The molecule has 7 nitrogen and oxygen atoms in total. The number of fused-ring (bicyclic) bond motifs is 3. The molecule has 0 radical (unpaired) electrons. The van der Waals surface area contributed by atoms with Gasteiger partial charge in [0.25, 0.3) is 5.91 Å². The molecule has 3 N–H and O–H groups in total. The fraction of sp³-hybridized carbons (Fsp3) is 0.0769. The lowest BCUT2D eigenvalue weighted by molar-refractivity contribution is -0.144. The van der Waals surface area contributed by atoms with E-state index < -0.39 is 23.8 Å². The summed E-state index contributed by atoms with van der Waals surface area (Å²) in [5, 5.41) is 2.85. The number of halogens is 1. The van der Waals surface area contributed by atoms with Gasteiger partial charge in [0.2, 0.25) is 0 Å². The molecule has 4 aromatic rings. The number of amides is 1. The molecular weight excluding hydrogens is 467 g/mol. The number of nitrogens with zero attached hydrogens (tertiary/aromatic N) is 2. The van der Waals surface area contributed by atoms with Crippen LogP contribution in [0.3, 0.4) is 0 Å². The van der Waals surface area contributed by atoms with Gasteiger partial charge in [0.15, 0.2) is 11.3 Å². The first kappa shape index (κ1) is 22.5. The molecule has 0 saturated heterocycles. The smallest absolute Gasteiger partial charge is 0.317 e. The molecule has 35 heavy (non-hydrogen) atoms. The van der Waals surface area contributed by atoms with Crippen LogP contribution in [-0.4, -0.2) is 27.6 Å². The van der Waals surface area contributed by atoms with Crippen molar-refractivity contribution in [2.24, 2.45) is 0 Å². The first-order valence-corrected chi connectivity index (χ1v) is 11.7. The van der Waals surface area contributed by atoms with Gasteiger partial charge in [0.1, 0.15) is 17.2 Å². The molecule has 0 bridgehead atoms. The van der Waals surface area contributed by atoms with E-state index >= 15 is 0 Å². The van der Waals surface area contributed by atoms with E-state index in [1.54, 1.807) is 0 Å². The standard InChI is InChI=1S/C26H19FN4O3S/c27-15-9-11-16(12-10-15)30-25(33)21-13-29-26(31-24(21)28)35-14-22(32)34-23-19-7-3-1-5-17(19)18-6-2-4-8-20(18)23/h1-13,23H,14H2,(H,30,33)(H2,28,29,31). The second-order valence-electron chi connectivity index (χ2n) is 7.75. The van der Waals surface area contributed by atoms with Crippen molar-refractivity contribution in [3.05, 3.63) is 102 Å². The number of aromatic nitrogens is 2. The molecule has 1 aliphatic rings. The summed E-state index contributed by atoms with van der Waals surface area (Å²) in [7, 11) is 0. The SMILES string of the molecule is Nc1nc(SCC(=O)OC2c3ccccc3-c3ccccc32)ncc1C(=O)Nc1ccc(F)cc1. The topological polar surface area (TPSA) is 107 Å². The van der Waals surface area contributed by atoms with Gasteiger partial charge in [0.05, 0.1) is 5.75 Å². The zero-order valence-electron chi connectivity index (χ0n) is 18.3. The van der Waals surface area contributed by atoms with E-state index in [1.165, 1.54) is 30.5 Å². The highest BCUT2D eigenvalue weighted by molar-refractivity contribution is 7.99. The number of carbonyl (C=O) groups excluding carboxylic acids is 2. The Morgan fingerprint density at radius 2 is 1.60 bits per heavy atom. The lowest BCUT2D eigenvalue weighted by Gasteiger charge is -2.15. The van der Waals surface area contributed by atoms with Crippen LogP contribution >= 0.6 is 11.8 Å². The highest BCUT2D eigenvalue weighted by Gasteiger charge is 2.31. The zero-order chi connectivity index (χ0) is 24.4. The quantitative estimate of drug-likeness (QED) is 0.228. The van der Waals surface area contributed by atoms with Gasteiger partial charge in [-0.2, -0.15) is 0 Å². The second kappa shape index (κ2) is 9.55. The summed E-state index contributed by atoms with van der Waals surface area (Å²) in [4.78, 5) is 33.4. The van der Waals surface area contributed by atoms with Crippen LogP contribution < -0.4 is 11.1 Å². The van der Waals surface area contributed by atoms with E-state index in [0.29, 0.717) is 5.69 Å². The van der Waals surface area contributed by atoms with Gasteiger partial charge >= 0.3 is 5.97 Å². The molecule has 5 rings (SSSR count). The van der Waals surface area contributed by atoms with Crippen molar-refractivity contribution in [2.75, 3.05) is 16.8 Å². The van der Waals surface area contributed by atoms with Crippen LogP contribution in [0.1, 0.15) is 27.6 Å². The summed E-state index contributed by atoms with van der Waals surface area (Å²) >= 11 is 1.06. The third kappa shape index (κ3) is 4.71. The lowest BCUT2D eigenvalue weighted by Crippen LogP contribution is -2.16. The number of rotatable bonds is 6. The molecule has 1 aromatic heterocycles. The maximum absolute atomic E-state index is 13.0. The van der Waals surface area contributed by atoms with E-state index in [0.717, 1.165) is 34.0 Å². The van der Waals surface area contributed by atoms with E-state index in [2.05, 4.69) is 15.3 Å². The number of carbonyl (C=O) groups is 2. The Labute approximate surface area is 204 Å². The molecule has 1 amide bonds. The van der Waals surface area contributed by atoms with Crippen molar-refractivity contribution in [3.8, 4) is 11.1 Å². The van der Waals surface area contributed by atoms with Crippen molar-refractivity contribution in [1.82, 2.24) is 9.97 Å². The highest BCUT2D eigenvalue weighted by Crippen LogP contribution is 2.45. The maximum Gasteiger partial charge on any atom is 0.317 e. The third-order valence-electron chi connectivity index (χ3n) is 5.49. The first-order valence-electron chi connectivity index (χ1n) is 10.7. The number of benzene rings is 3. The molecule has 9 heteroatoms. The molecule has 0 spiro atoms. The van der Waals surface area contributed by atoms with Crippen molar-refractivity contribution in [1.29, 1.82) is 0 Å². The van der Waals surface area contributed by atoms with Gasteiger partial charge in [-0.3, -0.25) is 9.59 Å². The molecule has 0 fully saturated rings. The molecule has 0 unspecified atom stereocenters. The van der Waals surface area contributed by atoms with E-state index in [4.69, 9.17) is 10.5 Å². The molecule has 0 saturated carbocycles. The zero-order valence-corrected chi connectivity index (χ0v) is 19.1. The Balaban J connectivity index is 1.22. The Morgan fingerprint density at radius 1 is 0.971 bits per heavy atom. The highest BCUT2D eigenvalue weighted by atomic mass is 32.2. The number of esters is 1. The fourth-order valence-corrected chi connectivity index (χ4v) is 4.48. The molecule has 0 aliphatic heterocycles. The van der Waals surface area contributed by atoms with Crippen molar-refractivity contribution >= 4 is 35.1 Å². The number of nitrogens with two attached hydrogens (primary N) is 1. The molecule has 1 aliphatic carbocycles. The number of nitrogens with one attached hydrogen (secondary N) is 1. The van der Waals surface area contributed by atoms with Crippen LogP contribution in [0.15, 0.2) is 84.1 Å². The average molecular weight is 487 g/mol. The van der Waals surface area contributed by atoms with Crippen LogP contribution in [0.2, 0.25) is 0 Å². The third-order valence-corrected chi connectivity index (χ3v) is 6.32. The summed E-state index contributed by atoms with van der Waals surface area (Å²) < 4.78 is 18.9. The van der Waals surface area contributed by atoms with Crippen LogP contribution in [-0.2, 0) is 9.53 Å². The minimum absolute atomic E-state index is 0.0264. The summed E-state index contributed by atoms with van der Waals surface area (Å²) in [6, 6.07) is 21.0. The van der Waals surface area contributed by atoms with Gasteiger partial charge in [-0.25, -0.2) is 14.4 Å². The van der Waals surface area contributed by atoms with Gasteiger partial charge in [-0.1, -0.05) is 60.3 Å². The van der Waals surface area contributed by atoms with E-state index in [-0.39, 0.29) is 22.3 Å². The van der Waals surface area contributed by atoms with Crippen molar-refractivity contribution in [3.63, 3.8) is 0 Å². The predicted molar refractivity (Wildman–Crippen MR) is 131 cm³/mol. The van der Waals surface area contributed by atoms with E-state index in [9.17, 15) is 14.0 Å². The van der Waals surface area contributed by atoms with Gasteiger partial charge in [0, 0.05) is 23.0 Å². The summed E-state index contributed by atoms with van der Waals surface area (Å²) in [5.41, 5.74) is 10.4. The normalized spacial score (nSPS) is 12.0. The second-order valence-corrected chi connectivity index (χ2v) is 8.69. The van der Waals surface area contributed by atoms with Crippen molar-refractivity contribution in [2.45, 2.75) is 11.3 Å². The average Bonchev–Trinajstić information content (AvgIpc) is 3.18. The Kier molecular flexibility index (Phi) is 6.15. The lowest BCUT2D eigenvalue weighted by atomic mass is 10.1. The number of anilines is 2. The monoisotopic (exact) mass is 486 g/mol. The predicted octanol–water partition coefficient (Wildman–Crippen LogP) is 4.86. The molecular formula is C26H19FN4O3S. The summed E-state index contributed by atoms with van der Waals surface area (Å²) in [6.07, 6.45) is 0.817. The summed E-state index contributed by atoms with van der Waals surface area (Å²) in [5.74, 6) is -1.42. The molecule has 174 valence electrons. The largest absolute Gasteiger partial charge is 0.452 e. The molecule has 3 aromatic carbocycles. The number of thioether (sulfide) groups is 1. The molecule has 0 atom stereocenters. The Hall–Kier alpha value is -4.24. The fourth-order valence-electron chi connectivity index (χ4n) is 3.88. The summed E-state index contributed by atoms with van der Waals surface area (Å²) in [6.45, 7) is 0. The number of nitrogen functional groups attached to an aromatic ring is 1. The Bertz CT molecular complexity index is 1380. The van der Waals surface area contributed by atoms with E-state index in [1.807, 2.05) is 48.5 Å². The number of ether oxygens (including phenoxy) is 1.